The highest BCUT2D eigenvalue weighted by atomic mass is 79.9. The summed E-state index contributed by atoms with van der Waals surface area (Å²) in [6.07, 6.45) is 4.83. The molecular formula is C12H18BrN3. The number of hydrogen-bond acceptors (Lipinski definition) is 3. The Hall–Kier alpha value is -0.640. The van der Waals surface area contributed by atoms with Crippen molar-refractivity contribution in [3.05, 3.63) is 16.5 Å². The molecule has 0 radical (unpaired) electrons. The fraction of sp³-hybridized carbons (Fsp3) is 0.667. The van der Waals surface area contributed by atoms with Crippen molar-refractivity contribution in [2.24, 2.45) is 0 Å². The van der Waals surface area contributed by atoms with E-state index >= 15 is 0 Å². The highest BCUT2D eigenvalue weighted by Gasteiger charge is 2.27. The van der Waals surface area contributed by atoms with Gasteiger partial charge in [0.2, 0.25) is 0 Å². The molecule has 3 nitrogen and oxygen atoms in total. The minimum atomic E-state index is 0.471. The molecule has 1 aliphatic carbocycles. The fourth-order valence-corrected chi connectivity index (χ4v) is 2.19. The molecule has 1 heterocycles. The summed E-state index contributed by atoms with van der Waals surface area (Å²) in [7, 11) is 0. The molecule has 2 rings (SSSR count). The van der Waals surface area contributed by atoms with Crippen LogP contribution in [0, 0.1) is 0 Å². The molecular weight excluding hydrogens is 266 g/mol. The van der Waals surface area contributed by atoms with Gasteiger partial charge in [-0.05, 0) is 42.1 Å². The van der Waals surface area contributed by atoms with E-state index in [0.717, 1.165) is 16.2 Å². The first-order chi connectivity index (χ1) is 7.69. The van der Waals surface area contributed by atoms with E-state index < -0.39 is 0 Å². The van der Waals surface area contributed by atoms with Crippen LogP contribution < -0.4 is 5.32 Å². The molecule has 16 heavy (non-hydrogen) atoms. The van der Waals surface area contributed by atoms with Crippen molar-refractivity contribution >= 4 is 21.7 Å². The van der Waals surface area contributed by atoms with Crippen molar-refractivity contribution in [1.82, 2.24) is 9.97 Å². The predicted molar refractivity (Wildman–Crippen MR) is 69.7 cm³/mol. The number of nitrogens with one attached hydrogen (secondary N) is 1. The third kappa shape index (κ3) is 3.17. The molecule has 1 fully saturated rings. The van der Waals surface area contributed by atoms with Gasteiger partial charge in [0.15, 0.2) is 0 Å². The van der Waals surface area contributed by atoms with Gasteiger partial charge in [-0.15, -0.1) is 0 Å². The molecule has 0 saturated heterocycles. The number of rotatable bonds is 5. The lowest BCUT2D eigenvalue weighted by Gasteiger charge is -2.14. The standard InChI is InChI=1S/C12H18BrN3/c1-3-4-8(2)14-11-7-10(13)15-12(16-11)9-5-6-9/h7-9H,3-6H2,1-2H3,(H,14,15,16). The Bertz CT molecular complexity index is 363. The van der Waals surface area contributed by atoms with Gasteiger partial charge in [-0.1, -0.05) is 13.3 Å². The Morgan fingerprint density at radius 2 is 2.25 bits per heavy atom. The van der Waals surface area contributed by atoms with E-state index in [-0.39, 0.29) is 0 Å². The SMILES string of the molecule is CCCC(C)Nc1cc(Br)nc(C2CC2)n1. The summed E-state index contributed by atoms with van der Waals surface area (Å²) in [5, 5.41) is 3.43. The van der Waals surface area contributed by atoms with Crippen molar-refractivity contribution in [2.75, 3.05) is 5.32 Å². The second-order valence-electron chi connectivity index (χ2n) is 4.54. The second-order valence-corrected chi connectivity index (χ2v) is 5.35. The maximum Gasteiger partial charge on any atom is 0.135 e. The molecule has 0 spiro atoms. The zero-order chi connectivity index (χ0) is 11.5. The number of nitrogens with zero attached hydrogens (tertiary/aromatic N) is 2. The highest BCUT2D eigenvalue weighted by molar-refractivity contribution is 9.10. The van der Waals surface area contributed by atoms with Crippen molar-refractivity contribution in [3.8, 4) is 0 Å². The fourth-order valence-electron chi connectivity index (χ4n) is 1.79. The van der Waals surface area contributed by atoms with Crippen LogP contribution in [0.1, 0.15) is 51.3 Å². The minimum Gasteiger partial charge on any atom is -0.367 e. The quantitative estimate of drug-likeness (QED) is 0.837. The van der Waals surface area contributed by atoms with E-state index in [0.29, 0.717) is 12.0 Å². The van der Waals surface area contributed by atoms with E-state index in [2.05, 4.69) is 45.1 Å². The van der Waals surface area contributed by atoms with Crippen molar-refractivity contribution < 1.29 is 0 Å². The summed E-state index contributed by atoms with van der Waals surface area (Å²) in [5.74, 6) is 2.53. The third-order valence-corrected chi connectivity index (χ3v) is 3.18. The summed E-state index contributed by atoms with van der Waals surface area (Å²) in [6, 6.07) is 2.43. The molecule has 1 saturated carbocycles. The molecule has 0 amide bonds. The van der Waals surface area contributed by atoms with E-state index in [1.807, 2.05) is 6.07 Å². The average molecular weight is 284 g/mol. The van der Waals surface area contributed by atoms with Gasteiger partial charge in [0.05, 0.1) is 0 Å². The van der Waals surface area contributed by atoms with E-state index in [1.54, 1.807) is 0 Å². The lowest BCUT2D eigenvalue weighted by atomic mass is 10.2. The molecule has 1 atom stereocenters. The number of hydrogen-bond donors (Lipinski definition) is 1. The molecule has 1 aromatic heterocycles. The van der Waals surface area contributed by atoms with Gasteiger partial charge in [-0.3, -0.25) is 0 Å². The zero-order valence-electron chi connectivity index (χ0n) is 9.83. The predicted octanol–water partition coefficient (Wildman–Crippen LogP) is 3.72. The normalized spacial score (nSPS) is 17.2. The van der Waals surface area contributed by atoms with Gasteiger partial charge in [0.25, 0.3) is 0 Å². The number of halogens is 1. The summed E-state index contributed by atoms with van der Waals surface area (Å²) in [5.41, 5.74) is 0. The van der Waals surface area contributed by atoms with Gasteiger partial charge in [0, 0.05) is 18.0 Å². The molecule has 0 aliphatic heterocycles. The molecule has 1 unspecified atom stereocenters. The molecule has 1 aromatic rings. The Kier molecular flexibility index (Phi) is 3.79. The zero-order valence-corrected chi connectivity index (χ0v) is 11.4. The minimum absolute atomic E-state index is 0.471. The Labute approximate surface area is 105 Å². The largest absolute Gasteiger partial charge is 0.367 e. The Morgan fingerprint density at radius 1 is 1.50 bits per heavy atom. The summed E-state index contributed by atoms with van der Waals surface area (Å²) < 4.78 is 0.885. The molecule has 0 bridgehead atoms. The van der Waals surface area contributed by atoms with Crippen molar-refractivity contribution in [3.63, 3.8) is 0 Å². The maximum atomic E-state index is 4.57. The molecule has 0 aromatic carbocycles. The van der Waals surface area contributed by atoms with E-state index in [9.17, 15) is 0 Å². The van der Waals surface area contributed by atoms with Crippen LogP contribution in [0.15, 0.2) is 10.7 Å². The average Bonchev–Trinajstić information content (AvgIpc) is 2.99. The van der Waals surface area contributed by atoms with Crippen LogP contribution in [0.25, 0.3) is 0 Å². The first-order valence-electron chi connectivity index (χ1n) is 6.00. The summed E-state index contributed by atoms with van der Waals surface area (Å²) in [6.45, 7) is 4.39. The lowest BCUT2D eigenvalue weighted by Crippen LogP contribution is -2.16. The Balaban J connectivity index is 2.07. The van der Waals surface area contributed by atoms with Crippen LogP contribution in [0.5, 0.6) is 0 Å². The molecule has 4 heteroatoms. The topological polar surface area (TPSA) is 37.8 Å². The van der Waals surface area contributed by atoms with Crippen LogP contribution >= 0.6 is 15.9 Å². The summed E-state index contributed by atoms with van der Waals surface area (Å²) in [4.78, 5) is 8.98. The molecule has 1 aliphatic rings. The van der Waals surface area contributed by atoms with Crippen molar-refractivity contribution in [1.29, 1.82) is 0 Å². The second kappa shape index (κ2) is 5.13. The van der Waals surface area contributed by atoms with Crippen LogP contribution in [0.3, 0.4) is 0 Å². The van der Waals surface area contributed by atoms with E-state index in [4.69, 9.17) is 0 Å². The van der Waals surface area contributed by atoms with E-state index in [1.165, 1.54) is 25.7 Å². The lowest BCUT2D eigenvalue weighted by molar-refractivity contribution is 0.685. The highest BCUT2D eigenvalue weighted by Crippen LogP contribution is 2.38. The molecule has 1 N–H and O–H groups in total. The smallest absolute Gasteiger partial charge is 0.135 e. The number of aromatic nitrogens is 2. The van der Waals surface area contributed by atoms with Gasteiger partial charge in [-0.2, -0.15) is 0 Å². The van der Waals surface area contributed by atoms with Gasteiger partial charge < -0.3 is 5.32 Å². The van der Waals surface area contributed by atoms with Gasteiger partial charge in [0.1, 0.15) is 16.2 Å². The first kappa shape index (κ1) is 11.8. The Morgan fingerprint density at radius 3 is 2.88 bits per heavy atom. The summed E-state index contributed by atoms with van der Waals surface area (Å²) >= 11 is 3.45. The van der Waals surface area contributed by atoms with Crippen LogP contribution in [-0.2, 0) is 0 Å². The number of anilines is 1. The maximum absolute atomic E-state index is 4.57. The molecule has 88 valence electrons. The van der Waals surface area contributed by atoms with Crippen LogP contribution in [0.4, 0.5) is 5.82 Å². The van der Waals surface area contributed by atoms with Gasteiger partial charge in [-0.25, -0.2) is 9.97 Å². The van der Waals surface area contributed by atoms with Crippen LogP contribution in [-0.4, -0.2) is 16.0 Å². The van der Waals surface area contributed by atoms with Crippen molar-refractivity contribution in [2.45, 2.75) is 51.5 Å². The van der Waals surface area contributed by atoms with Gasteiger partial charge >= 0.3 is 0 Å². The first-order valence-corrected chi connectivity index (χ1v) is 6.79. The van der Waals surface area contributed by atoms with Crippen LogP contribution in [0.2, 0.25) is 0 Å². The monoisotopic (exact) mass is 283 g/mol. The third-order valence-electron chi connectivity index (χ3n) is 2.77.